The number of benzene rings is 2. The Bertz CT molecular complexity index is 1100. The number of nitrogens with zero attached hydrogens (tertiary/aromatic N) is 2. The van der Waals surface area contributed by atoms with E-state index in [-0.39, 0.29) is 17.4 Å². The number of carbonyl (C=O) groups excluding carboxylic acids is 2. The van der Waals surface area contributed by atoms with Crippen molar-refractivity contribution >= 4 is 34.8 Å². The van der Waals surface area contributed by atoms with Crippen molar-refractivity contribution in [2.45, 2.75) is 19.3 Å². The van der Waals surface area contributed by atoms with E-state index in [0.717, 1.165) is 12.8 Å². The van der Waals surface area contributed by atoms with Crippen molar-refractivity contribution in [2.24, 2.45) is 0 Å². The van der Waals surface area contributed by atoms with Crippen LogP contribution in [0.25, 0.3) is 11.3 Å². The number of hydrogen-bond acceptors (Lipinski definition) is 5. The molecular formula is C22H20ClN3O4. The van der Waals surface area contributed by atoms with Gasteiger partial charge in [0, 0.05) is 24.2 Å². The van der Waals surface area contributed by atoms with Crippen LogP contribution in [-0.4, -0.2) is 30.5 Å². The highest BCUT2D eigenvalue weighted by atomic mass is 35.5. The summed E-state index contributed by atoms with van der Waals surface area (Å²) in [6.45, 7) is 0.618. The molecule has 0 atom stereocenters. The highest BCUT2D eigenvalue weighted by molar-refractivity contribution is 6.33. The molecule has 1 fully saturated rings. The van der Waals surface area contributed by atoms with Crippen molar-refractivity contribution < 1.29 is 18.7 Å². The van der Waals surface area contributed by atoms with Crippen molar-refractivity contribution in [3.63, 3.8) is 0 Å². The first-order valence-corrected chi connectivity index (χ1v) is 9.94. The Labute approximate surface area is 178 Å². The number of rotatable bonds is 5. The van der Waals surface area contributed by atoms with E-state index in [4.69, 9.17) is 20.8 Å². The summed E-state index contributed by atoms with van der Waals surface area (Å²) < 4.78 is 10.9. The smallest absolute Gasteiger partial charge is 0.278 e. The molecule has 0 aliphatic carbocycles. The molecule has 0 saturated carbocycles. The van der Waals surface area contributed by atoms with Gasteiger partial charge in [0.1, 0.15) is 5.75 Å². The number of nitrogens with one attached hydrogen (secondary N) is 1. The Balaban J connectivity index is 1.62. The zero-order valence-corrected chi connectivity index (χ0v) is 17.1. The number of hydrogen-bond donors (Lipinski definition) is 1. The van der Waals surface area contributed by atoms with Gasteiger partial charge in [0.05, 0.1) is 17.8 Å². The van der Waals surface area contributed by atoms with Crippen LogP contribution in [0.5, 0.6) is 5.75 Å². The zero-order valence-electron chi connectivity index (χ0n) is 16.4. The lowest BCUT2D eigenvalue weighted by atomic mass is 10.1. The molecule has 2 aromatic carbocycles. The van der Waals surface area contributed by atoms with E-state index < -0.39 is 5.91 Å². The Hall–Kier alpha value is -3.32. The summed E-state index contributed by atoms with van der Waals surface area (Å²) in [5.41, 5.74) is 1.85. The molecule has 1 aliphatic heterocycles. The molecule has 8 heteroatoms. The Morgan fingerprint density at radius 1 is 1.23 bits per heavy atom. The fourth-order valence-electron chi connectivity index (χ4n) is 3.47. The van der Waals surface area contributed by atoms with E-state index in [0.29, 0.717) is 40.7 Å². The van der Waals surface area contributed by atoms with E-state index in [1.807, 2.05) is 0 Å². The second-order valence-electron chi connectivity index (χ2n) is 6.85. The number of ether oxygens (including phenoxy) is 1. The molecule has 1 N–H and O–H groups in total. The Kier molecular flexibility index (Phi) is 5.72. The number of methoxy groups -OCH3 is 1. The number of carbonyl (C=O) groups is 2. The quantitative estimate of drug-likeness (QED) is 0.636. The van der Waals surface area contributed by atoms with Crippen LogP contribution in [0.4, 0.5) is 11.4 Å². The average molecular weight is 426 g/mol. The lowest BCUT2D eigenvalue weighted by Crippen LogP contribution is -2.35. The van der Waals surface area contributed by atoms with Gasteiger partial charge in [-0.25, -0.2) is 4.98 Å². The van der Waals surface area contributed by atoms with Gasteiger partial charge in [-0.15, -0.1) is 0 Å². The third-order valence-electron chi connectivity index (χ3n) is 4.95. The SMILES string of the molecule is COc1ccc(NC(=O)c2ncoc2-c2ccccc2Cl)cc1N1CCCCC1=O. The maximum absolute atomic E-state index is 12.9. The van der Waals surface area contributed by atoms with Gasteiger partial charge in [-0.1, -0.05) is 23.7 Å². The average Bonchev–Trinajstić information content (AvgIpc) is 3.24. The van der Waals surface area contributed by atoms with Crippen LogP contribution in [0.1, 0.15) is 29.8 Å². The minimum absolute atomic E-state index is 0.0422. The van der Waals surface area contributed by atoms with Gasteiger partial charge in [-0.3, -0.25) is 9.59 Å². The van der Waals surface area contributed by atoms with Gasteiger partial charge in [-0.2, -0.15) is 0 Å². The summed E-state index contributed by atoms with van der Waals surface area (Å²) in [5, 5.41) is 3.28. The fraction of sp³-hybridized carbons (Fsp3) is 0.227. The summed E-state index contributed by atoms with van der Waals surface area (Å²) in [6.07, 6.45) is 3.51. The summed E-state index contributed by atoms with van der Waals surface area (Å²) in [5.74, 6) is 0.458. The van der Waals surface area contributed by atoms with Crippen LogP contribution < -0.4 is 15.0 Å². The molecule has 0 radical (unpaired) electrons. The molecule has 7 nitrogen and oxygen atoms in total. The van der Waals surface area contributed by atoms with Crippen molar-refractivity contribution in [1.29, 1.82) is 0 Å². The first kappa shape index (κ1) is 20.0. The normalized spacial score (nSPS) is 13.9. The lowest BCUT2D eigenvalue weighted by Gasteiger charge is -2.28. The molecule has 154 valence electrons. The van der Waals surface area contributed by atoms with Crippen LogP contribution in [0.3, 0.4) is 0 Å². The highest BCUT2D eigenvalue weighted by Gasteiger charge is 2.24. The van der Waals surface area contributed by atoms with E-state index in [2.05, 4.69) is 10.3 Å². The molecule has 2 amide bonds. The predicted octanol–water partition coefficient (Wildman–Crippen LogP) is 4.77. The van der Waals surface area contributed by atoms with Crippen LogP contribution in [0.15, 0.2) is 53.3 Å². The molecule has 1 aliphatic rings. The predicted molar refractivity (Wildman–Crippen MR) is 114 cm³/mol. The van der Waals surface area contributed by atoms with Gasteiger partial charge in [0.2, 0.25) is 5.91 Å². The standard InChI is InChI=1S/C22H20ClN3O4/c1-29-18-10-9-14(12-17(18)26-11-5-4-8-19(26)27)25-22(28)20-21(30-13-24-20)15-6-2-3-7-16(15)23/h2-3,6-7,9-10,12-13H,4-5,8,11H2,1H3,(H,25,28). The minimum atomic E-state index is -0.445. The molecule has 4 rings (SSSR count). The molecule has 0 bridgehead atoms. The molecule has 0 spiro atoms. The molecular weight excluding hydrogens is 406 g/mol. The van der Waals surface area contributed by atoms with Crippen LogP contribution >= 0.6 is 11.6 Å². The maximum atomic E-state index is 12.9. The number of oxazole rings is 1. The van der Waals surface area contributed by atoms with Crippen LogP contribution in [0.2, 0.25) is 5.02 Å². The van der Waals surface area contributed by atoms with E-state index in [9.17, 15) is 9.59 Å². The van der Waals surface area contributed by atoms with Crippen molar-refractivity contribution in [2.75, 3.05) is 23.9 Å². The van der Waals surface area contributed by atoms with Crippen molar-refractivity contribution in [3.05, 3.63) is 59.6 Å². The molecule has 3 aromatic rings. The number of aromatic nitrogens is 1. The van der Waals surface area contributed by atoms with Gasteiger partial charge < -0.3 is 19.4 Å². The summed E-state index contributed by atoms with van der Waals surface area (Å²) in [4.78, 5) is 31.0. The highest BCUT2D eigenvalue weighted by Crippen LogP contribution is 2.34. The largest absolute Gasteiger partial charge is 0.495 e. The monoisotopic (exact) mass is 425 g/mol. The second kappa shape index (κ2) is 8.59. The Morgan fingerprint density at radius 3 is 2.83 bits per heavy atom. The number of anilines is 2. The van der Waals surface area contributed by atoms with Gasteiger partial charge in [0.15, 0.2) is 17.8 Å². The van der Waals surface area contributed by atoms with Crippen molar-refractivity contribution in [1.82, 2.24) is 4.98 Å². The van der Waals surface area contributed by atoms with Gasteiger partial charge in [-0.05, 0) is 43.2 Å². The molecule has 1 aromatic heterocycles. The zero-order chi connectivity index (χ0) is 21.1. The molecule has 0 unspecified atom stereocenters. The molecule has 30 heavy (non-hydrogen) atoms. The third-order valence-corrected chi connectivity index (χ3v) is 5.28. The molecule has 2 heterocycles. The summed E-state index contributed by atoms with van der Waals surface area (Å²) in [7, 11) is 1.55. The summed E-state index contributed by atoms with van der Waals surface area (Å²) >= 11 is 6.24. The first-order valence-electron chi connectivity index (χ1n) is 9.56. The van der Waals surface area contributed by atoms with E-state index in [1.54, 1.807) is 54.5 Å². The van der Waals surface area contributed by atoms with Gasteiger partial charge in [0.25, 0.3) is 5.91 Å². The summed E-state index contributed by atoms with van der Waals surface area (Å²) in [6, 6.07) is 12.2. The maximum Gasteiger partial charge on any atom is 0.278 e. The van der Waals surface area contributed by atoms with Crippen LogP contribution in [-0.2, 0) is 4.79 Å². The topological polar surface area (TPSA) is 84.7 Å². The van der Waals surface area contributed by atoms with Crippen molar-refractivity contribution in [3.8, 4) is 17.1 Å². The lowest BCUT2D eigenvalue weighted by molar-refractivity contribution is -0.119. The number of piperidine rings is 1. The fourth-order valence-corrected chi connectivity index (χ4v) is 3.70. The van der Waals surface area contributed by atoms with E-state index in [1.165, 1.54) is 6.39 Å². The minimum Gasteiger partial charge on any atom is -0.495 e. The number of amides is 2. The second-order valence-corrected chi connectivity index (χ2v) is 7.26. The molecule has 1 saturated heterocycles. The van der Waals surface area contributed by atoms with Crippen LogP contribution in [0, 0.1) is 0 Å². The van der Waals surface area contributed by atoms with Gasteiger partial charge >= 0.3 is 0 Å². The third kappa shape index (κ3) is 3.89. The first-order chi connectivity index (χ1) is 14.6. The number of halogens is 1. The Morgan fingerprint density at radius 2 is 2.07 bits per heavy atom. The van der Waals surface area contributed by atoms with E-state index >= 15 is 0 Å².